The molecule has 3 heterocycles. The van der Waals surface area contributed by atoms with E-state index in [1.165, 1.54) is 0 Å². The summed E-state index contributed by atoms with van der Waals surface area (Å²) in [6.45, 7) is 8.26. The third kappa shape index (κ3) is 4.67. The van der Waals surface area contributed by atoms with E-state index in [0.29, 0.717) is 29.3 Å². The molecule has 0 saturated heterocycles. The summed E-state index contributed by atoms with van der Waals surface area (Å²) in [5, 5.41) is 6.30. The molecule has 1 aliphatic heterocycles. The van der Waals surface area contributed by atoms with Crippen LogP contribution in [0.1, 0.15) is 39.7 Å². The minimum atomic E-state index is -1.41. The third-order valence-corrected chi connectivity index (χ3v) is 6.49. The van der Waals surface area contributed by atoms with E-state index in [-0.39, 0.29) is 18.0 Å². The predicted molar refractivity (Wildman–Crippen MR) is 131 cm³/mol. The quantitative estimate of drug-likeness (QED) is 0.498. The maximum Gasteiger partial charge on any atom is 0.328 e. The molecule has 0 saturated carbocycles. The van der Waals surface area contributed by atoms with Crippen LogP contribution in [0.5, 0.6) is 0 Å². The molecule has 2 amide bonds. The molecule has 1 aromatic carbocycles. The van der Waals surface area contributed by atoms with Gasteiger partial charge in [-0.05, 0) is 62.1 Å². The Morgan fingerprint density at radius 1 is 1.21 bits per heavy atom. The fourth-order valence-corrected chi connectivity index (χ4v) is 3.91. The molecule has 0 bridgehead atoms. The molecule has 2 N–H and O–H groups in total. The Kier molecular flexibility index (Phi) is 6.31. The van der Waals surface area contributed by atoms with Gasteiger partial charge in [0.2, 0.25) is 0 Å². The Hall–Kier alpha value is -3.48. The van der Waals surface area contributed by atoms with E-state index in [2.05, 4.69) is 22.5 Å². The number of hydrogen-bond donors (Lipinski definition) is 2. The molecule has 172 valence electrons. The number of nitrogens with one attached hydrogen (secondary N) is 2. The molecule has 3 aromatic rings. The van der Waals surface area contributed by atoms with Gasteiger partial charge in [0.15, 0.2) is 5.82 Å². The Morgan fingerprint density at radius 2 is 2.03 bits per heavy atom. The number of urea groups is 1. The first kappa shape index (κ1) is 22.7. The summed E-state index contributed by atoms with van der Waals surface area (Å²) >= 11 is 0. The largest absolute Gasteiger partial charge is 0.382 e. The van der Waals surface area contributed by atoms with E-state index >= 15 is 0 Å². The molecule has 33 heavy (non-hydrogen) atoms. The van der Waals surface area contributed by atoms with Crippen molar-refractivity contribution in [3.05, 3.63) is 66.4 Å². The number of carbonyl (C=O) groups excluding carboxylic acids is 1. The fraction of sp³-hybridized carbons (Fsp3) is 0.346. The molecule has 2 aromatic heterocycles. The predicted octanol–water partition coefficient (Wildman–Crippen LogP) is 6.23. The van der Waals surface area contributed by atoms with Gasteiger partial charge in [-0.15, -0.1) is 0 Å². The summed E-state index contributed by atoms with van der Waals surface area (Å²) in [6.07, 6.45) is 2.02. The zero-order chi connectivity index (χ0) is 23.6. The number of hydrogen-bond acceptors (Lipinski definition) is 4. The van der Waals surface area contributed by atoms with Gasteiger partial charge >= 0.3 is 6.03 Å². The number of amides is 2. The number of halogens is 1. The van der Waals surface area contributed by atoms with Crippen LogP contribution >= 0.6 is 0 Å². The second-order valence-corrected chi connectivity index (χ2v) is 8.81. The average Bonchev–Trinajstić information content (AvgIpc) is 2.95. The van der Waals surface area contributed by atoms with Crippen LogP contribution in [0.4, 0.5) is 26.5 Å². The van der Waals surface area contributed by atoms with E-state index in [9.17, 15) is 9.18 Å². The second-order valence-electron chi connectivity index (χ2n) is 8.81. The van der Waals surface area contributed by atoms with Crippen LogP contribution in [-0.2, 0) is 5.67 Å². The van der Waals surface area contributed by atoms with Gasteiger partial charge in [0.25, 0.3) is 0 Å². The summed E-state index contributed by atoms with van der Waals surface area (Å²) in [4.78, 5) is 24.2. The van der Waals surface area contributed by atoms with Gasteiger partial charge in [-0.3, -0.25) is 10.2 Å². The van der Waals surface area contributed by atoms with Gasteiger partial charge in [-0.2, -0.15) is 0 Å². The minimum Gasteiger partial charge on any atom is -0.382 e. The fourth-order valence-electron chi connectivity index (χ4n) is 3.91. The van der Waals surface area contributed by atoms with Crippen molar-refractivity contribution in [1.82, 2.24) is 9.97 Å². The molecule has 7 heteroatoms. The normalized spacial score (nSPS) is 19.6. The number of fused-ring (bicyclic) bond motifs is 1. The van der Waals surface area contributed by atoms with Crippen LogP contribution in [0, 0.1) is 5.92 Å². The summed E-state index contributed by atoms with van der Waals surface area (Å²) in [7, 11) is 0. The summed E-state index contributed by atoms with van der Waals surface area (Å²) in [5.41, 5.74) is 1.47. The Bertz CT molecular complexity index is 1130. The van der Waals surface area contributed by atoms with Gasteiger partial charge in [0, 0.05) is 24.3 Å². The molecule has 3 atom stereocenters. The lowest BCUT2D eigenvalue weighted by atomic mass is 9.93. The third-order valence-electron chi connectivity index (χ3n) is 6.49. The van der Waals surface area contributed by atoms with Crippen LogP contribution in [-0.4, -0.2) is 28.6 Å². The highest BCUT2D eigenvalue weighted by molar-refractivity contribution is 6.03. The van der Waals surface area contributed by atoms with E-state index in [4.69, 9.17) is 4.98 Å². The van der Waals surface area contributed by atoms with Crippen molar-refractivity contribution in [2.75, 3.05) is 22.1 Å². The lowest BCUT2D eigenvalue weighted by molar-refractivity contribution is 0.185. The summed E-state index contributed by atoms with van der Waals surface area (Å²) in [6, 6.07) is 16.2. The highest BCUT2D eigenvalue weighted by Gasteiger charge is 2.32. The molecule has 0 spiro atoms. The van der Waals surface area contributed by atoms with Gasteiger partial charge in [0.1, 0.15) is 11.5 Å². The lowest BCUT2D eigenvalue weighted by Crippen LogP contribution is -2.45. The minimum absolute atomic E-state index is 0.106. The number of carbonyl (C=O) groups is 1. The van der Waals surface area contributed by atoms with E-state index in [0.717, 1.165) is 17.8 Å². The van der Waals surface area contributed by atoms with Gasteiger partial charge in [0.05, 0.1) is 11.4 Å². The van der Waals surface area contributed by atoms with E-state index < -0.39 is 5.67 Å². The van der Waals surface area contributed by atoms with Crippen molar-refractivity contribution in [2.45, 2.75) is 45.8 Å². The first-order valence-corrected chi connectivity index (χ1v) is 11.4. The molecule has 0 radical (unpaired) electrons. The summed E-state index contributed by atoms with van der Waals surface area (Å²) in [5.74, 6) is 1.21. The number of aromatic nitrogens is 2. The Labute approximate surface area is 194 Å². The first-order chi connectivity index (χ1) is 15.8. The Balaban J connectivity index is 1.75. The summed E-state index contributed by atoms with van der Waals surface area (Å²) < 4.78 is 14.9. The van der Waals surface area contributed by atoms with E-state index in [1.807, 2.05) is 50.2 Å². The maximum absolute atomic E-state index is 14.9. The smallest absolute Gasteiger partial charge is 0.328 e. The average molecular weight is 448 g/mol. The molecule has 0 aliphatic carbocycles. The standard InChI is InChI=1S/C26H30FN5O/c1-5-26(4,27)20-10-8-9-19(15-20)21-12-13-22-24(30-21)32(18(3)17(2)16-29-22)25(33)31-23-11-6-7-14-28-23/h6-15,17-18,29H,5,16H2,1-4H3,(H,28,31,33)/t17-,18-,26?/m1/s1. The number of rotatable bonds is 4. The van der Waals surface area contributed by atoms with Crippen molar-refractivity contribution in [2.24, 2.45) is 5.92 Å². The van der Waals surface area contributed by atoms with Crippen molar-refractivity contribution in [3.8, 4) is 11.3 Å². The molecule has 0 fully saturated rings. The topological polar surface area (TPSA) is 70.2 Å². The molecule has 1 unspecified atom stereocenters. The highest BCUT2D eigenvalue weighted by atomic mass is 19.1. The zero-order valence-electron chi connectivity index (χ0n) is 19.5. The number of anilines is 3. The highest BCUT2D eigenvalue weighted by Crippen LogP contribution is 2.36. The van der Waals surface area contributed by atoms with Gasteiger partial charge < -0.3 is 5.32 Å². The molecule has 1 aliphatic rings. The van der Waals surface area contributed by atoms with Gasteiger partial charge in [-0.1, -0.05) is 38.1 Å². The number of pyridine rings is 2. The molecular formula is C26H30FN5O. The van der Waals surface area contributed by atoms with Crippen LogP contribution in [0.2, 0.25) is 0 Å². The zero-order valence-corrected chi connectivity index (χ0v) is 19.5. The number of nitrogens with zero attached hydrogens (tertiary/aromatic N) is 3. The first-order valence-electron chi connectivity index (χ1n) is 11.4. The van der Waals surface area contributed by atoms with E-state index in [1.54, 1.807) is 36.2 Å². The van der Waals surface area contributed by atoms with Crippen LogP contribution in [0.15, 0.2) is 60.8 Å². The molecule has 6 nitrogen and oxygen atoms in total. The maximum atomic E-state index is 14.9. The van der Waals surface area contributed by atoms with Crippen molar-refractivity contribution in [3.63, 3.8) is 0 Å². The number of benzene rings is 1. The van der Waals surface area contributed by atoms with Crippen LogP contribution in [0.25, 0.3) is 11.3 Å². The van der Waals surface area contributed by atoms with Gasteiger partial charge in [-0.25, -0.2) is 19.2 Å². The SMILES string of the molecule is CCC(C)(F)c1cccc(-c2ccc3c(n2)N(C(=O)Nc2ccccn2)[C@H](C)[C@H](C)CN3)c1. The van der Waals surface area contributed by atoms with Crippen molar-refractivity contribution < 1.29 is 9.18 Å². The molecule has 4 rings (SSSR count). The van der Waals surface area contributed by atoms with Crippen molar-refractivity contribution >= 4 is 23.4 Å². The van der Waals surface area contributed by atoms with Crippen LogP contribution in [0.3, 0.4) is 0 Å². The Morgan fingerprint density at radius 3 is 2.76 bits per heavy atom. The monoisotopic (exact) mass is 447 g/mol. The second kappa shape index (κ2) is 9.17. The van der Waals surface area contributed by atoms with Crippen LogP contribution < -0.4 is 15.5 Å². The van der Waals surface area contributed by atoms with Crippen molar-refractivity contribution in [1.29, 1.82) is 0 Å². The molecular weight excluding hydrogens is 417 g/mol. The lowest BCUT2D eigenvalue weighted by Gasteiger charge is -2.30. The number of alkyl halides is 1.